The number of aliphatic carboxylic acids is 1. The van der Waals surface area contributed by atoms with Gasteiger partial charge in [-0.1, -0.05) is 0 Å². The van der Waals surface area contributed by atoms with Crippen LogP contribution in [0.15, 0.2) is 36.7 Å². The van der Waals surface area contributed by atoms with Crippen molar-refractivity contribution in [2.45, 2.75) is 37.6 Å². The average Bonchev–Trinajstić information content (AvgIpc) is 3.63. The van der Waals surface area contributed by atoms with Crippen LogP contribution < -0.4 is 15.5 Å². The Balaban J connectivity index is 0.000000537. The van der Waals surface area contributed by atoms with Crippen molar-refractivity contribution in [3.63, 3.8) is 0 Å². The zero-order valence-electron chi connectivity index (χ0n) is 24.2. The van der Waals surface area contributed by atoms with Gasteiger partial charge in [0.25, 0.3) is 5.91 Å². The molecule has 0 bridgehead atoms. The van der Waals surface area contributed by atoms with Gasteiger partial charge in [-0.25, -0.2) is 23.1 Å². The first-order valence-corrected chi connectivity index (χ1v) is 13.8. The summed E-state index contributed by atoms with van der Waals surface area (Å²) in [6, 6.07) is 5.39. The second-order valence-electron chi connectivity index (χ2n) is 10.3. The van der Waals surface area contributed by atoms with Crippen LogP contribution in [-0.2, 0) is 16.0 Å². The van der Waals surface area contributed by atoms with E-state index in [-0.39, 0.29) is 35.0 Å². The van der Waals surface area contributed by atoms with Crippen LogP contribution in [0.1, 0.15) is 39.3 Å². The summed E-state index contributed by atoms with van der Waals surface area (Å²) < 4.78 is 68.3. The van der Waals surface area contributed by atoms with E-state index in [4.69, 9.17) is 19.7 Å². The molecule has 3 aromatic heterocycles. The number of hydrogen-bond donors (Lipinski definition) is 3. The molecule has 0 saturated heterocycles. The first-order valence-electron chi connectivity index (χ1n) is 13.8. The van der Waals surface area contributed by atoms with Crippen molar-refractivity contribution in [2.75, 3.05) is 30.9 Å². The Kier molecular flexibility index (Phi) is 8.87. The van der Waals surface area contributed by atoms with E-state index in [2.05, 4.69) is 20.6 Å². The molecule has 2 atom stereocenters. The van der Waals surface area contributed by atoms with Gasteiger partial charge in [-0.2, -0.15) is 13.2 Å². The van der Waals surface area contributed by atoms with Crippen molar-refractivity contribution < 1.29 is 46.2 Å². The van der Waals surface area contributed by atoms with Crippen molar-refractivity contribution in [2.24, 2.45) is 0 Å². The van der Waals surface area contributed by atoms with E-state index in [1.165, 1.54) is 29.0 Å². The van der Waals surface area contributed by atoms with Crippen molar-refractivity contribution in [3.05, 3.63) is 65.1 Å². The molecular formula is C29H26F5N7O5. The summed E-state index contributed by atoms with van der Waals surface area (Å²) in [6.45, 7) is 0.440. The molecule has 2 aliphatic rings. The first-order chi connectivity index (χ1) is 21.9. The molecule has 0 radical (unpaired) electrons. The lowest BCUT2D eigenvalue weighted by molar-refractivity contribution is -0.192. The number of alkyl halides is 3. The highest BCUT2D eigenvalue weighted by atomic mass is 19.4. The topological polar surface area (TPSA) is 151 Å². The number of anilines is 3. The van der Waals surface area contributed by atoms with Gasteiger partial charge in [0.2, 0.25) is 0 Å². The fraction of sp³-hybridized carbons (Fsp3) is 0.310. The molecule has 1 saturated carbocycles. The Hall–Kier alpha value is -5.19. The molecule has 0 spiro atoms. The Morgan fingerprint density at radius 3 is 2.43 bits per heavy atom. The monoisotopic (exact) mass is 647 g/mol. The van der Waals surface area contributed by atoms with Crippen LogP contribution in [0.5, 0.6) is 0 Å². The number of carboxylic acids is 1. The van der Waals surface area contributed by atoms with Crippen LogP contribution in [-0.4, -0.2) is 81.9 Å². The third-order valence-corrected chi connectivity index (χ3v) is 7.63. The Labute approximate surface area is 257 Å². The van der Waals surface area contributed by atoms with Crippen LogP contribution in [0.2, 0.25) is 0 Å². The summed E-state index contributed by atoms with van der Waals surface area (Å²) in [4.78, 5) is 43.3. The minimum atomic E-state index is -5.08. The molecule has 1 fully saturated rings. The van der Waals surface area contributed by atoms with E-state index in [1.807, 2.05) is 4.90 Å². The van der Waals surface area contributed by atoms with Gasteiger partial charge < -0.3 is 25.4 Å². The number of methoxy groups -OCH3 is 1. The standard InChI is InChI=1S/C27H25F2N7O3.C2HF3O2/c1-30-20-10-24(34-36-22(12-32-26(20)36)27(38)33-19-3-4-23(19)39-2)35-6-5-16-17(8-15(28)9-21(16)35)25-18(29)7-14(13-37)11-31-25;3-2(4,5)1(6)7/h7-13,19,23,30H,3-6H2,1-2H3,(H,33,38);(H,6,7)/t19-,23-;/m1./s1. The fourth-order valence-corrected chi connectivity index (χ4v) is 5.22. The number of hydrogen-bond acceptors (Lipinski definition) is 9. The highest BCUT2D eigenvalue weighted by molar-refractivity contribution is 5.94. The number of fused-ring (bicyclic) bond motifs is 2. The number of halogens is 5. The van der Waals surface area contributed by atoms with E-state index in [9.17, 15) is 31.5 Å². The smallest absolute Gasteiger partial charge is 0.475 e. The molecule has 46 heavy (non-hydrogen) atoms. The zero-order chi connectivity index (χ0) is 33.3. The maximum atomic E-state index is 14.9. The number of ether oxygens (including phenoxy) is 1. The van der Waals surface area contributed by atoms with Crippen molar-refractivity contribution in [1.29, 1.82) is 0 Å². The van der Waals surface area contributed by atoms with Crippen LogP contribution >= 0.6 is 0 Å². The number of nitrogens with zero attached hydrogens (tertiary/aromatic N) is 5. The number of rotatable bonds is 7. The van der Waals surface area contributed by atoms with E-state index >= 15 is 0 Å². The highest BCUT2D eigenvalue weighted by Crippen LogP contribution is 2.41. The molecule has 17 heteroatoms. The number of nitrogens with one attached hydrogen (secondary N) is 2. The number of amides is 1. The van der Waals surface area contributed by atoms with E-state index < -0.39 is 23.8 Å². The number of carbonyl (C=O) groups excluding carboxylic acids is 2. The number of carboxylic acid groups (broad SMARTS) is 1. The molecule has 242 valence electrons. The first kappa shape index (κ1) is 32.2. The molecule has 1 aromatic carbocycles. The summed E-state index contributed by atoms with van der Waals surface area (Å²) in [5.41, 5.74) is 2.94. The maximum Gasteiger partial charge on any atom is 0.490 e. The third kappa shape index (κ3) is 6.17. The van der Waals surface area contributed by atoms with Crippen molar-refractivity contribution in [3.8, 4) is 11.3 Å². The third-order valence-electron chi connectivity index (χ3n) is 7.63. The van der Waals surface area contributed by atoms with Gasteiger partial charge in [-0.3, -0.25) is 14.6 Å². The molecule has 12 nitrogen and oxygen atoms in total. The van der Waals surface area contributed by atoms with Gasteiger partial charge in [-0.05, 0) is 43.0 Å². The molecule has 3 N–H and O–H groups in total. The lowest BCUT2D eigenvalue weighted by Crippen LogP contribution is -2.51. The van der Waals surface area contributed by atoms with Gasteiger partial charge in [0.05, 0.1) is 24.0 Å². The second kappa shape index (κ2) is 12.7. The van der Waals surface area contributed by atoms with Gasteiger partial charge in [0.1, 0.15) is 17.3 Å². The lowest BCUT2D eigenvalue weighted by Gasteiger charge is -2.35. The Bertz CT molecular complexity index is 1830. The summed E-state index contributed by atoms with van der Waals surface area (Å²) in [6.07, 6.45) is 0.314. The predicted molar refractivity (Wildman–Crippen MR) is 153 cm³/mol. The number of carbonyl (C=O) groups is 3. The zero-order valence-corrected chi connectivity index (χ0v) is 24.2. The molecule has 1 aliphatic carbocycles. The minimum absolute atomic E-state index is 0.0244. The quantitative estimate of drug-likeness (QED) is 0.197. The van der Waals surface area contributed by atoms with Crippen molar-refractivity contribution >= 4 is 41.0 Å². The van der Waals surface area contributed by atoms with Gasteiger partial charge in [-0.15, -0.1) is 5.10 Å². The molecule has 1 amide bonds. The van der Waals surface area contributed by atoms with E-state index in [1.54, 1.807) is 20.2 Å². The van der Waals surface area contributed by atoms with Crippen LogP contribution in [0.3, 0.4) is 0 Å². The van der Waals surface area contributed by atoms with E-state index in [0.29, 0.717) is 53.2 Å². The number of pyridine rings is 1. The lowest BCUT2D eigenvalue weighted by atomic mass is 9.89. The Morgan fingerprint density at radius 1 is 1.11 bits per heavy atom. The van der Waals surface area contributed by atoms with Gasteiger partial charge in [0.15, 0.2) is 23.4 Å². The average molecular weight is 648 g/mol. The minimum Gasteiger partial charge on any atom is -0.475 e. The fourth-order valence-electron chi connectivity index (χ4n) is 5.22. The molecule has 4 heterocycles. The molecule has 1 aliphatic heterocycles. The summed E-state index contributed by atoms with van der Waals surface area (Å²) >= 11 is 0. The normalized spacial score (nSPS) is 17.1. The van der Waals surface area contributed by atoms with Gasteiger partial charge in [0, 0.05) is 49.8 Å². The summed E-state index contributed by atoms with van der Waals surface area (Å²) in [7, 11) is 3.36. The SMILES string of the molecule is CNc1cc(N2CCc3c(-c4ncc(C=O)cc4F)cc(F)cc32)nn2c(C(=O)N[C@@H]3CC[C@H]3OC)cnc12.O=C(O)C(F)(F)F. The molecule has 4 aromatic rings. The molecular weight excluding hydrogens is 621 g/mol. The van der Waals surface area contributed by atoms with Crippen LogP contribution in [0, 0.1) is 11.6 Å². The largest absolute Gasteiger partial charge is 0.490 e. The van der Waals surface area contributed by atoms with Gasteiger partial charge >= 0.3 is 12.1 Å². The number of imidazole rings is 1. The van der Waals surface area contributed by atoms with Crippen LogP contribution in [0.4, 0.5) is 39.1 Å². The maximum absolute atomic E-state index is 14.9. The summed E-state index contributed by atoms with van der Waals surface area (Å²) in [5.74, 6) is -3.90. The molecule has 6 rings (SSSR count). The highest BCUT2D eigenvalue weighted by Gasteiger charge is 2.38. The van der Waals surface area contributed by atoms with E-state index in [0.717, 1.165) is 18.9 Å². The van der Waals surface area contributed by atoms with Crippen LogP contribution in [0.25, 0.3) is 16.9 Å². The Morgan fingerprint density at radius 2 is 1.85 bits per heavy atom. The van der Waals surface area contributed by atoms with Crippen molar-refractivity contribution in [1.82, 2.24) is 24.9 Å². The molecule has 0 unspecified atom stereocenters. The number of aldehydes is 1. The summed E-state index contributed by atoms with van der Waals surface area (Å²) in [5, 5.41) is 17.9. The number of benzene rings is 1. The second-order valence-corrected chi connectivity index (χ2v) is 10.3. The predicted octanol–water partition coefficient (Wildman–Crippen LogP) is 4.16. The number of aromatic nitrogens is 4.